The maximum Gasteiger partial charge on any atom is 0.321 e. The van der Waals surface area contributed by atoms with Crippen LogP contribution in [0.3, 0.4) is 0 Å². The van der Waals surface area contributed by atoms with Crippen molar-refractivity contribution in [3.63, 3.8) is 0 Å². The summed E-state index contributed by atoms with van der Waals surface area (Å²) < 4.78 is 5.92. The van der Waals surface area contributed by atoms with Gasteiger partial charge in [-0.2, -0.15) is 4.98 Å². The highest BCUT2D eigenvalue weighted by Gasteiger charge is 2.16. The van der Waals surface area contributed by atoms with Crippen molar-refractivity contribution >= 4 is 32.7 Å². The monoisotopic (exact) mass is 303 g/mol. The minimum absolute atomic E-state index is 0.478. The third-order valence-corrected chi connectivity index (χ3v) is 4.02. The van der Waals surface area contributed by atoms with Crippen LogP contribution in [-0.4, -0.2) is 27.7 Å². The van der Waals surface area contributed by atoms with Gasteiger partial charge in [-0.05, 0) is 25.1 Å². The fraction of sp³-hybridized carbons (Fsp3) is 0.231. The number of aromatic nitrogens is 3. The van der Waals surface area contributed by atoms with Gasteiger partial charge >= 0.3 is 6.03 Å². The van der Waals surface area contributed by atoms with Crippen molar-refractivity contribution in [2.75, 3.05) is 11.4 Å². The van der Waals surface area contributed by atoms with Crippen molar-refractivity contribution in [1.82, 2.24) is 15.1 Å². The topological polar surface area (TPSA) is 98.1 Å². The van der Waals surface area contributed by atoms with Crippen molar-refractivity contribution in [1.29, 1.82) is 0 Å². The molecule has 2 N–H and O–H groups in total. The second-order valence-electron chi connectivity index (χ2n) is 4.40. The number of aryl methyl sites for hydroxylation is 1. The largest absolute Gasteiger partial charge is 0.351 e. The van der Waals surface area contributed by atoms with E-state index in [1.54, 1.807) is 6.92 Å². The van der Waals surface area contributed by atoms with Gasteiger partial charge in [0.05, 0.1) is 10.2 Å². The van der Waals surface area contributed by atoms with Gasteiger partial charge in [-0.15, -0.1) is 0 Å². The molecule has 7 nitrogen and oxygen atoms in total. The van der Waals surface area contributed by atoms with E-state index in [0.29, 0.717) is 23.4 Å². The number of thiazole rings is 1. The van der Waals surface area contributed by atoms with Gasteiger partial charge in [0, 0.05) is 19.0 Å². The molecule has 3 rings (SSSR count). The molecular formula is C13H13N5O2S. The number of hydrogen-bond donors (Lipinski definition) is 1. The number of nitrogens with zero attached hydrogens (tertiary/aromatic N) is 4. The Morgan fingerprint density at radius 2 is 2.24 bits per heavy atom. The zero-order valence-corrected chi connectivity index (χ0v) is 12.3. The van der Waals surface area contributed by atoms with Gasteiger partial charge in [0.1, 0.15) is 0 Å². The molecule has 2 heterocycles. The van der Waals surface area contributed by atoms with Crippen LogP contribution in [0.15, 0.2) is 22.7 Å². The maximum atomic E-state index is 11.4. The fourth-order valence-corrected chi connectivity index (χ4v) is 3.04. The molecule has 0 atom stereocenters. The molecule has 21 heavy (non-hydrogen) atoms. The third-order valence-electron chi connectivity index (χ3n) is 2.98. The van der Waals surface area contributed by atoms with E-state index in [1.807, 2.05) is 25.1 Å². The maximum absolute atomic E-state index is 11.4. The smallest absolute Gasteiger partial charge is 0.321 e. The van der Waals surface area contributed by atoms with Gasteiger partial charge in [0.25, 0.3) is 0 Å². The van der Waals surface area contributed by atoms with Gasteiger partial charge in [0.15, 0.2) is 5.13 Å². The van der Waals surface area contributed by atoms with Crippen LogP contribution in [0.5, 0.6) is 0 Å². The standard InChI is InChI=1S/C13H13N5O2S/c1-3-18(12(14)19)13-16-9-5-4-8(6-10(9)21-13)11-15-7(2)20-17-11/h4-6H,3H2,1-2H3,(H2,14,19). The minimum atomic E-state index is -0.509. The van der Waals surface area contributed by atoms with Crippen molar-refractivity contribution in [3.8, 4) is 11.4 Å². The number of amides is 2. The van der Waals surface area contributed by atoms with Crippen LogP contribution in [0, 0.1) is 6.92 Å². The molecule has 0 spiro atoms. The lowest BCUT2D eigenvalue weighted by atomic mass is 10.2. The van der Waals surface area contributed by atoms with Crippen LogP contribution in [-0.2, 0) is 0 Å². The summed E-state index contributed by atoms with van der Waals surface area (Å²) in [5.74, 6) is 1.05. The van der Waals surface area contributed by atoms with Crippen molar-refractivity contribution in [2.45, 2.75) is 13.8 Å². The number of primary amides is 1. The Bertz CT molecular complexity index is 810. The number of hydrogen-bond acceptors (Lipinski definition) is 6. The summed E-state index contributed by atoms with van der Waals surface area (Å²) in [7, 11) is 0. The molecule has 0 fully saturated rings. The Morgan fingerprint density at radius 3 is 2.86 bits per heavy atom. The number of urea groups is 1. The zero-order valence-electron chi connectivity index (χ0n) is 11.5. The summed E-state index contributed by atoms with van der Waals surface area (Å²) >= 11 is 1.40. The molecule has 1 aromatic carbocycles. The van der Waals surface area contributed by atoms with Crippen LogP contribution in [0.4, 0.5) is 9.93 Å². The molecule has 2 aromatic heterocycles. The first-order valence-electron chi connectivity index (χ1n) is 6.36. The summed E-state index contributed by atoms with van der Waals surface area (Å²) in [6.07, 6.45) is 0. The van der Waals surface area contributed by atoms with Gasteiger partial charge < -0.3 is 10.3 Å². The number of nitrogens with two attached hydrogens (primary N) is 1. The van der Waals surface area contributed by atoms with Gasteiger partial charge in [-0.25, -0.2) is 9.78 Å². The molecule has 0 bridgehead atoms. The molecule has 0 unspecified atom stereocenters. The Labute approximate surface area is 124 Å². The molecule has 0 saturated carbocycles. The van der Waals surface area contributed by atoms with Crippen LogP contribution in [0.1, 0.15) is 12.8 Å². The highest BCUT2D eigenvalue weighted by molar-refractivity contribution is 7.22. The summed E-state index contributed by atoms with van der Waals surface area (Å²) in [6, 6.07) is 5.16. The molecule has 0 aliphatic carbocycles. The number of carbonyl (C=O) groups is 1. The van der Waals surface area contributed by atoms with E-state index < -0.39 is 6.03 Å². The first kappa shape index (κ1) is 13.5. The van der Waals surface area contributed by atoms with E-state index in [0.717, 1.165) is 15.8 Å². The van der Waals surface area contributed by atoms with Crippen molar-refractivity contribution in [3.05, 3.63) is 24.1 Å². The van der Waals surface area contributed by atoms with Crippen LogP contribution >= 0.6 is 11.3 Å². The molecule has 108 valence electrons. The predicted molar refractivity (Wildman–Crippen MR) is 80.3 cm³/mol. The van der Waals surface area contributed by atoms with Gasteiger partial charge in [-0.1, -0.05) is 16.5 Å². The number of carbonyl (C=O) groups excluding carboxylic acids is 1. The van der Waals surface area contributed by atoms with Crippen molar-refractivity contribution in [2.24, 2.45) is 5.73 Å². The summed E-state index contributed by atoms with van der Waals surface area (Å²) in [6.45, 7) is 4.07. The average Bonchev–Trinajstić information content (AvgIpc) is 3.04. The summed E-state index contributed by atoms with van der Waals surface area (Å²) in [4.78, 5) is 21.4. The number of anilines is 1. The number of rotatable bonds is 3. The molecule has 8 heteroatoms. The SMILES string of the molecule is CCN(C(N)=O)c1nc2ccc(-c3noc(C)n3)cc2s1. The molecule has 2 amide bonds. The van der Waals surface area contributed by atoms with E-state index in [1.165, 1.54) is 16.2 Å². The van der Waals surface area contributed by atoms with Gasteiger partial charge in [0.2, 0.25) is 11.7 Å². The quantitative estimate of drug-likeness (QED) is 0.801. The normalized spacial score (nSPS) is 11.0. The van der Waals surface area contributed by atoms with E-state index in [2.05, 4.69) is 15.1 Å². The Hall–Kier alpha value is -2.48. The first-order valence-corrected chi connectivity index (χ1v) is 7.18. The highest BCUT2D eigenvalue weighted by atomic mass is 32.1. The zero-order chi connectivity index (χ0) is 15.0. The number of fused-ring (bicyclic) bond motifs is 1. The van der Waals surface area contributed by atoms with Crippen LogP contribution in [0.2, 0.25) is 0 Å². The second-order valence-corrected chi connectivity index (χ2v) is 5.41. The average molecular weight is 303 g/mol. The molecule has 3 aromatic rings. The summed E-state index contributed by atoms with van der Waals surface area (Å²) in [5, 5.41) is 4.48. The van der Waals surface area contributed by atoms with Crippen LogP contribution in [0.25, 0.3) is 21.6 Å². The molecule has 0 aliphatic heterocycles. The molecule has 0 radical (unpaired) electrons. The van der Waals surface area contributed by atoms with E-state index in [4.69, 9.17) is 10.3 Å². The first-order chi connectivity index (χ1) is 10.1. The Morgan fingerprint density at radius 1 is 1.43 bits per heavy atom. The third kappa shape index (κ3) is 2.45. The Balaban J connectivity index is 2.04. The molecular weight excluding hydrogens is 290 g/mol. The van der Waals surface area contributed by atoms with E-state index in [9.17, 15) is 4.79 Å². The lowest BCUT2D eigenvalue weighted by Crippen LogP contribution is -2.35. The minimum Gasteiger partial charge on any atom is -0.351 e. The van der Waals surface area contributed by atoms with E-state index >= 15 is 0 Å². The fourth-order valence-electron chi connectivity index (χ4n) is 1.97. The van der Waals surface area contributed by atoms with E-state index in [-0.39, 0.29) is 0 Å². The lowest BCUT2D eigenvalue weighted by Gasteiger charge is -2.13. The highest BCUT2D eigenvalue weighted by Crippen LogP contribution is 2.31. The Kier molecular flexibility index (Phi) is 3.30. The van der Waals surface area contributed by atoms with Gasteiger partial charge in [-0.3, -0.25) is 4.90 Å². The molecule has 0 saturated heterocycles. The van der Waals surface area contributed by atoms with Crippen LogP contribution < -0.4 is 10.6 Å². The number of benzene rings is 1. The molecule has 0 aliphatic rings. The lowest BCUT2D eigenvalue weighted by molar-refractivity contribution is 0.254. The predicted octanol–water partition coefficient (Wildman–Crippen LogP) is 2.56. The second kappa shape index (κ2) is 5.13. The van der Waals surface area contributed by atoms with Crippen molar-refractivity contribution < 1.29 is 9.32 Å². The summed E-state index contributed by atoms with van der Waals surface area (Å²) in [5.41, 5.74) is 6.99.